The van der Waals surface area contributed by atoms with E-state index < -0.39 is 11.7 Å². The lowest BCUT2D eigenvalue weighted by Gasteiger charge is -2.31. The summed E-state index contributed by atoms with van der Waals surface area (Å²) in [7, 11) is 6.75. The van der Waals surface area contributed by atoms with Crippen LogP contribution in [0.4, 0.5) is 33.2 Å². The molecule has 208 valence electrons. The Morgan fingerprint density at radius 3 is 2.73 bits per heavy atom. The maximum atomic E-state index is 14.6. The average molecular weight is 547 g/mol. The summed E-state index contributed by atoms with van der Waals surface area (Å²) >= 11 is 0. The first-order valence-corrected chi connectivity index (χ1v) is 12.8. The summed E-state index contributed by atoms with van der Waals surface area (Å²) in [6.45, 7) is 0.930. The molecule has 2 aromatic carbocycles. The average Bonchev–Trinajstić information content (AvgIpc) is 3.41. The Morgan fingerprint density at radius 2 is 1.98 bits per heavy atom. The smallest absolute Gasteiger partial charge is 0.256 e. The third kappa shape index (κ3) is 5.25. The Bertz CT molecular complexity index is 1590. The van der Waals surface area contributed by atoms with Crippen molar-refractivity contribution >= 4 is 51.7 Å². The Balaban J connectivity index is 1.53. The minimum Gasteiger partial charge on any atom is -0.495 e. The summed E-state index contributed by atoms with van der Waals surface area (Å²) in [6.07, 6.45) is 3.41. The topological polar surface area (TPSA) is 128 Å². The lowest BCUT2D eigenvalue weighted by molar-refractivity contribution is -0.119. The zero-order chi connectivity index (χ0) is 28.4. The summed E-state index contributed by atoms with van der Waals surface area (Å²) in [6, 6.07) is 9.94. The molecule has 0 radical (unpaired) electrons. The number of methoxy groups -OCH3 is 1. The van der Waals surface area contributed by atoms with Crippen molar-refractivity contribution in [1.82, 2.24) is 25.2 Å². The number of carbonyl (C=O) groups excluding carboxylic acids is 2. The van der Waals surface area contributed by atoms with Gasteiger partial charge in [0.05, 0.1) is 36.0 Å². The van der Waals surface area contributed by atoms with E-state index in [1.165, 1.54) is 19.2 Å². The number of amides is 2. The van der Waals surface area contributed by atoms with Crippen LogP contribution < -0.4 is 25.6 Å². The second-order valence-electron chi connectivity index (χ2n) is 9.70. The zero-order valence-corrected chi connectivity index (χ0v) is 22.8. The van der Waals surface area contributed by atoms with Crippen molar-refractivity contribution in [3.8, 4) is 5.75 Å². The number of aromatic amines is 1. The van der Waals surface area contributed by atoms with Crippen LogP contribution in [0, 0.1) is 5.82 Å². The Hall–Kier alpha value is -4.71. The van der Waals surface area contributed by atoms with Gasteiger partial charge in [0.25, 0.3) is 5.91 Å². The second kappa shape index (κ2) is 11.2. The number of H-pyrrole nitrogens is 1. The van der Waals surface area contributed by atoms with Crippen LogP contribution >= 0.6 is 0 Å². The molecule has 0 fully saturated rings. The van der Waals surface area contributed by atoms with E-state index in [1.807, 2.05) is 31.1 Å². The highest BCUT2D eigenvalue weighted by Gasteiger charge is 2.25. The third-order valence-corrected chi connectivity index (χ3v) is 6.65. The monoisotopic (exact) mass is 546 g/mol. The number of hydrogen-bond donors (Lipinski definition) is 4. The number of hydrogen-bond acceptors (Lipinski definition) is 8. The molecule has 2 amide bonds. The molecule has 4 aromatic rings. The van der Waals surface area contributed by atoms with Crippen molar-refractivity contribution in [2.45, 2.75) is 12.8 Å². The molecule has 0 unspecified atom stereocenters. The summed E-state index contributed by atoms with van der Waals surface area (Å²) in [5, 5.41) is 9.45. The van der Waals surface area contributed by atoms with E-state index in [4.69, 9.17) is 4.74 Å². The molecule has 0 saturated heterocycles. The third-order valence-electron chi connectivity index (χ3n) is 6.65. The minimum atomic E-state index is -0.658. The molecule has 0 spiro atoms. The fourth-order valence-corrected chi connectivity index (χ4v) is 4.82. The van der Waals surface area contributed by atoms with Crippen molar-refractivity contribution in [2.75, 3.05) is 56.9 Å². The maximum absolute atomic E-state index is 14.6. The Kier molecular flexibility index (Phi) is 7.52. The molecule has 40 heavy (non-hydrogen) atoms. The number of rotatable bonds is 8. The fourth-order valence-electron chi connectivity index (χ4n) is 4.82. The van der Waals surface area contributed by atoms with Crippen molar-refractivity contribution < 1.29 is 18.7 Å². The molecule has 4 N–H and O–H groups in total. The molecule has 0 bridgehead atoms. The number of nitrogens with one attached hydrogen (secondary N) is 4. The molecule has 2 aromatic heterocycles. The predicted octanol–water partition coefficient (Wildman–Crippen LogP) is 3.79. The molecule has 11 nitrogen and oxygen atoms in total. The largest absolute Gasteiger partial charge is 0.495 e. The number of anilines is 5. The Morgan fingerprint density at radius 1 is 1.15 bits per heavy atom. The van der Waals surface area contributed by atoms with Gasteiger partial charge in [0.1, 0.15) is 23.0 Å². The normalized spacial score (nSPS) is 12.8. The molecule has 5 rings (SSSR count). The highest BCUT2D eigenvalue weighted by Crippen LogP contribution is 2.38. The van der Waals surface area contributed by atoms with Gasteiger partial charge in [0.2, 0.25) is 11.9 Å². The number of aryl methyl sites for hydroxylation is 1. The summed E-state index contributed by atoms with van der Waals surface area (Å²) in [5.74, 6) is -0.0310. The van der Waals surface area contributed by atoms with Crippen LogP contribution in [0.1, 0.15) is 22.3 Å². The van der Waals surface area contributed by atoms with E-state index in [1.54, 1.807) is 30.3 Å². The number of halogens is 1. The van der Waals surface area contributed by atoms with Gasteiger partial charge in [-0.05, 0) is 62.8 Å². The molecule has 0 saturated carbocycles. The van der Waals surface area contributed by atoms with E-state index in [0.717, 1.165) is 24.1 Å². The molecule has 1 aliphatic rings. The summed E-state index contributed by atoms with van der Waals surface area (Å²) in [4.78, 5) is 41.4. The van der Waals surface area contributed by atoms with Crippen LogP contribution in [0.15, 0.2) is 42.6 Å². The van der Waals surface area contributed by atoms with Crippen molar-refractivity contribution in [2.24, 2.45) is 0 Å². The highest BCUT2D eigenvalue weighted by atomic mass is 19.1. The van der Waals surface area contributed by atoms with Gasteiger partial charge in [-0.3, -0.25) is 9.59 Å². The molecule has 0 aliphatic carbocycles. The number of nitrogens with zero attached hydrogens (tertiary/aromatic N) is 4. The van der Waals surface area contributed by atoms with Crippen LogP contribution in [-0.4, -0.2) is 73.0 Å². The number of aromatic nitrogens is 3. The lowest BCUT2D eigenvalue weighted by Crippen LogP contribution is -2.40. The quantitative estimate of drug-likeness (QED) is 0.263. The highest BCUT2D eigenvalue weighted by molar-refractivity contribution is 6.02. The molecular formula is C28H31FN8O3. The minimum absolute atomic E-state index is 0.0135. The van der Waals surface area contributed by atoms with Gasteiger partial charge in [-0.1, -0.05) is 6.07 Å². The second-order valence-corrected chi connectivity index (χ2v) is 9.70. The molecule has 12 heteroatoms. The van der Waals surface area contributed by atoms with Gasteiger partial charge in [-0.2, -0.15) is 9.97 Å². The van der Waals surface area contributed by atoms with E-state index in [0.29, 0.717) is 41.4 Å². The standard InChI is InChI=1S/C28H31FN8O3/c1-30-27(39)24-18(29)8-5-9-19(24)32-26-17-10-11-31-25(17)34-28(35-26)33-20-14-21-16(13-22(20)40-4)7-6-12-37(21)23(38)15-36(2)3/h5,8-11,13-14H,6-7,12,15H2,1-4H3,(H,30,39)(H3,31,32,33,34,35). The SMILES string of the molecule is CNC(=O)c1c(F)cccc1Nc1nc(Nc2cc3c(cc2OC)CCCN3C(=O)CN(C)C)nc2[nH]ccc12. The van der Waals surface area contributed by atoms with Gasteiger partial charge in [0, 0.05) is 25.5 Å². The van der Waals surface area contributed by atoms with E-state index in [2.05, 4.69) is 30.9 Å². The van der Waals surface area contributed by atoms with E-state index in [9.17, 15) is 14.0 Å². The number of benzene rings is 2. The molecular weight excluding hydrogens is 515 g/mol. The van der Waals surface area contributed by atoms with Gasteiger partial charge in [0.15, 0.2) is 0 Å². The zero-order valence-electron chi connectivity index (χ0n) is 22.8. The molecule has 1 aliphatic heterocycles. The van der Waals surface area contributed by atoms with Crippen LogP contribution in [0.2, 0.25) is 0 Å². The van der Waals surface area contributed by atoms with E-state index >= 15 is 0 Å². The van der Waals surface area contributed by atoms with E-state index in [-0.39, 0.29) is 23.1 Å². The number of fused-ring (bicyclic) bond motifs is 2. The van der Waals surface area contributed by atoms with Gasteiger partial charge in [-0.25, -0.2) is 4.39 Å². The van der Waals surface area contributed by atoms with Crippen LogP contribution in [0.5, 0.6) is 5.75 Å². The fraction of sp³-hybridized carbons (Fsp3) is 0.286. The number of carbonyl (C=O) groups is 2. The summed E-state index contributed by atoms with van der Waals surface area (Å²) in [5.41, 5.74) is 3.08. The van der Waals surface area contributed by atoms with Gasteiger partial charge >= 0.3 is 0 Å². The number of ether oxygens (including phenoxy) is 1. The van der Waals surface area contributed by atoms with Crippen molar-refractivity contribution in [1.29, 1.82) is 0 Å². The van der Waals surface area contributed by atoms with Gasteiger partial charge in [-0.15, -0.1) is 0 Å². The van der Waals surface area contributed by atoms with Crippen molar-refractivity contribution in [3.05, 3.63) is 59.5 Å². The Labute approximate surface area is 230 Å². The molecule has 0 atom stereocenters. The van der Waals surface area contributed by atoms with Crippen molar-refractivity contribution in [3.63, 3.8) is 0 Å². The number of likely N-dealkylation sites (N-methyl/N-ethyl adjacent to an activating group) is 1. The van der Waals surface area contributed by atoms with Gasteiger partial charge < -0.3 is 35.5 Å². The van der Waals surface area contributed by atoms with Crippen LogP contribution in [0.25, 0.3) is 11.0 Å². The summed E-state index contributed by atoms with van der Waals surface area (Å²) < 4.78 is 20.3. The lowest BCUT2D eigenvalue weighted by atomic mass is 10.00. The van der Waals surface area contributed by atoms with Crippen LogP contribution in [0.3, 0.4) is 0 Å². The first-order chi connectivity index (χ1) is 19.3. The first-order valence-electron chi connectivity index (χ1n) is 12.8. The van der Waals surface area contributed by atoms with Crippen LogP contribution in [-0.2, 0) is 11.2 Å². The predicted molar refractivity (Wildman–Crippen MR) is 152 cm³/mol. The maximum Gasteiger partial charge on any atom is 0.256 e. The molecule has 3 heterocycles. The first kappa shape index (κ1) is 26.9.